The molecule has 0 saturated carbocycles. The monoisotopic (exact) mass is 241 g/mol. The number of hydrogen-bond acceptors (Lipinski definition) is 5. The summed E-state index contributed by atoms with van der Waals surface area (Å²) in [4.78, 5) is 0. The zero-order chi connectivity index (χ0) is 11.2. The van der Waals surface area contributed by atoms with E-state index in [4.69, 9.17) is 0 Å². The third kappa shape index (κ3) is 2.95. The van der Waals surface area contributed by atoms with Crippen LogP contribution in [-0.2, 0) is 6.54 Å². The van der Waals surface area contributed by atoms with Crippen molar-refractivity contribution in [2.75, 3.05) is 18.1 Å². The second-order valence-electron chi connectivity index (χ2n) is 4.09. The van der Waals surface area contributed by atoms with Crippen LogP contribution in [0.3, 0.4) is 0 Å². The molecule has 5 nitrogen and oxygen atoms in total. The van der Waals surface area contributed by atoms with E-state index >= 15 is 0 Å². The number of rotatable bonds is 5. The molecule has 0 bridgehead atoms. The zero-order valence-corrected chi connectivity index (χ0v) is 10.5. The molecule has 0 aliphatic carbocycles. The Labute approximate surface area is 100 Å². The predicted octanol–water partition coefficient (Wildman–Crippen LogP) is 1.24. The second-order valence-corrected chi connectivity index (χ2v) is 5.24. The van der Waals surface area contributed by atoms with E-state index in [0.717, 1.165) is 31.1 Å². The van der Waals surface area contributed by atoms with Gasteiger partial charge in [0, 0.05) is 5.75 Å². The van der Waals surface area contributed by atoms with Crippen molar-refractivity contribution in [3.05, 3.63) is 5.82 Å². The van der Waals surface area contributed by atoms with Crippen LogP contribution in [0.2, 0.25) is 0 Å². The Hall–Kier alpha value is -0.620. The Kier molecular flexibility index (Phi) is 4.59. The highest BCUT2D eigenvalue weighted by atomic mass is 32.2. The highest BCUT2D eigenvalue weighted by molar-refractivity contribution is 7.99. The fraction of sp³-hybridized carbons (Fsp3) is 0.900. The molecule has 1 aromatic rings. The molecule has 6 heteroatoms. The average Bonchev–Trinajstić information content (AvgIpc) is 2.79. The van der Waals surface area contributed by atoms with Crippen molar-refractivity contribution in [3.8, 4) is 0 Å². The van der Waals surface area contributed by atoms with Gasteiger partial charge in [-0.15, -0.1) is 5.10 Å². The van der Waals surface area contributed by atoms with Crippen molar-refractivity contribution in [1.29, 1.82) is 0 Å². The molecule has 1 aliphatic heterocycles. The number of hydrogen-bond donors (Lipinski definition) is 1. The number of thioether (sulfide) groups is 1. The van der Waals surface area contributed by atoms with Crippen molar-refractivity contribution in [2.45, 2.75) is 38.8 Å². The zero-order valence-electron chi connectivity index (χ0n) is 9.72. The molecule has 1 atom stereocenters. The lowest BCUT2D eigenvalue weighted by atomic mass is 10.2. The molecular weight excluding hydrogens is 222 g/mol. The summed E-state index contributed by atoms with van der Waals surface area (Å²) >= 11 is 2.00. The lowest BCUT2D eigenvalue weighted by Crippen LogP contribution is -2.23. The third-order valence-electron chi connectivity index (χ3n) is 2.75. The van der Waals surface area contributed by atoms with Crippen LogP contribution in [0.15, 0.2) is 0 Å². The van der Waals surface area contributed by atoms with Gasteiger partial charge in [-0.1, -0.05) is 6.92 Å². The summed E-state index contributed by atoms with van der Waals surface area (Å²) in [5.41, 5.74) is 0. The molecule has 0 amide bonds. The Morgan fingerprint density at radius 3 is 3.25 bits per heavy atom. The summed E-state index contributed by atoms with van der Waals surface area (Å²) < 4.78 is 2.01. The maximum absolute atomic E-state index is 4.12. The average molecular weight is 241 g/mol. The summed E-state index contributed by atoms with van der Waals surface area (Å²) in [6.07, 6.45) is 3.62. The lowest BCUT2D eigenvalue weighted by molar-refractivity contribution is 0.423. The Morgan fingerprint density at radius 2 is 2.50 bits per heavy atom. The third-order valence-corrected chi connectivity index (χ3v) is 3.95. The van der Waals surface area contributed by atoms with Crippen molar-refractivity contribution < 1.29 is 0 Å². The fourth-order valence-corrected chi connectivity index (χ4v) is 3.02. The summed E-state index contributed by atoms with van der Waals surface area (Å²) in [5, 5.41) is 15.4. The van der Waals surface area contributed by atoms with Crippen LogP contribution in [0, 0.1) is 0 Å². The van der Waals surface area contributed by atoms with Gasteiger partial charge in [0.1, 0.15) is 0 Å². The molecular formula is C10H19N5S. The summed E-state index contributed by atoms with van der Waals surface area (Å²) in [6.45, 7) is 3.96. The second kappa shape index (κ2) is 6.20. The largest absolute Gasteiger partial charge is 0.310 e. The SMILES string of the molecule is CCCNCc1nnnn1C1CCCSC1. The quantitative estimate of drug-likeness (QED) is 0.786. The smallest absolute Gasteiger partial charge is 0.165 e. The van der Waals surface area contributed by atoms with Crippen LogP contribution in [0.4, 0.5) is 0 Å². The van der Waals surface area contributed by atoms with E-state index < -0.39 is 0 Å². The lowest BCUT2D eigenvalue weighted by Gasteiger charge is -2.22. The van der Waals surface area contributed by atoms with Crippen LogP contribution in [0.25, 0.3) is 0 Å². The van der Waals surface area contributed by atoms with Gasteiger partial charge in [0.15, 0.2) is 5.82 Å². The van der Waals surface area contributed by atoms with Crippen LogP contribution < -0.4 is 5.32 Å². The van der Waals surface area contributed by atoms with Crippen LogP contribution in [-0.4, -0.2) is 38.3 Å². The molecule has 1 aromatic heterocycles. The first kappa shape index (κ1) is 11.9. The van der Waals surface area contributed by atoms with Gasteiger partial charge in [-0.2, -0.15) is 11.8 Å². The van der Waals surface area contributed by atoms with Gasteiger partial charge in [-0.3, -0.25) is 0 Å². The molecule has 16 heavy (non-hydrogen) atoms. The molecule has 2 heterocycles. The van der Waals surface area contributed by atoms with Crippen LogP contribution in [0.1, 0.15) is 38.1 Å². The Balaban J connectivity index is 1.94. The highest BCUT2D eigenvalue weighted by Gasteiger charge is 2.19. The van der Waals surface area contributed by atoms with E-state index in [1.165, 1.54) is 18.6 Å². The summed E-state index contributed by atoms with van der Waals surface area (Å²) in [7, 11) is 0. The maximum atomic E-state index is 4.12. The first-order valence-electron chi connectivity index (χ1n) is 5.97. The van der Waals surface area contributed by atoms with E-state index in [9.17, 15) is 0 Å². The topological polar surface area (TPSA) is 55.6 Å². The number of nitrogens with one attached hydrogen (secondary N) is 1. The molecule has 0 radical (unpaired) electrons. The Bertz CT molecular complexity index is 308. The maximum Gasteiger partial charge on any atom is 0.165 e. The fourth-order valence-electron chi connectivity index (χ4n) is 1.91. The summed E-state index contributed by atoms with van der Waals surface area (Å²) in [5.74, 6) is 3.40. The van der Waals surface area contributed by atoms with Crippen molar-refractivity contribution in [3.63, 3.8) is 0 Å². The van der Waals surface area contributed by atoms with E-state index in [0.29, 0.717) is 6.04 Å². The van der Waals surface area contributed by atoms with Crippen molar-refractivity contribution in [2.24, 2.45) is 0 Å². The van der Waals surface area contributed by atoms with Gasteiger partial charge in [0.05, 0.1) is 12.6 Å². The van der Waals surface area contributed by atoms with Gasteiger partial charge >= 0.3 is 0 Å². The molecule has 1 N–H and O–H groups in total. The van der Waals surface area contributed by atoms with E-state index in [2.05, 4.69) is 27.8 Å². The molecule has 2 rings (SSSR count). The first-order valence-corrected chi connectivity index (χ1v) is 7.12. The molecule has 1 aliphatic rings. The molecule has 1 fully saturated rings. The van der Waals surface area contributed by atoms with Gasteiger partial charge < -0.3 is 5.32 Å². The van der Waals surface area contributed by atoms with Gasteiger partial charge in [-0.05, 0) is 42.0 Å². The van der Waals surface area contributed by atoms with Crippen LogP contribution >= 0.6 is 11.8 Å². The van der Waals surface area contributed by atoms with Crippen LogP contribution in [0.5, 0.6) is 0 Å². The molecule has 0 spiro atoms. The normalized spacial score (nSPS) is 21.2. The minimum atomic E-state index is 0.493. The van der Waals surface area contributed by atoms with E-state index in [-0.39, 0.29) is 0 Å². The molecule has 90 valence electrons. The first-order chi connectivity index (χ1) is 7.92. The highest BCUT2D eigenvalue weighted by Crippen LogP contribution is 2.26. The van der Waals surface area contributed by atoms with E-state index in [1.807, 2.05) is 16.4 Å². The van der Waals surface area contributed by atoms with Gasteiger partial charge in [0.25, 0.3) is 0 Å². The standard InChI is InChI=1S/C10H19N5S/c1-2-5-11-7-10-12-13-14-15(10)9-4-3-6-16-8-9/h9,11H,2-8H2,1H3. The number of nitrogens with zero attached hydrogens (tertiary/aromatic N) is 4. The number of tetrazole rings is 1. The summed E-state index contributed by atoms with van der Waals surface area (Å²) in [6, 6.07) is 0.493. The van der Waals surface area contributed by atoms with Crippen molar-refractivity contribution >= 4 is 11.8 Å². The minimum Gasteiger partial charge on any atom is -0.310 e. The minimum absolute atomic E-state index is 0.493. The molecule has 1 unspecified atom stereocenters. The Morgan fingerprint density at radius 1 is 1.56 bits per heavy atom. The van der Waals surface area contributed by atoms with Crippen molar-refractivity contribution in [1.82, 2.24) is 25.5 Å². The molecule has 0 aromatic carbocycles. The predicted molar refractivity (Wildman–Crippen MR) is 65.4 cm³/mol. The van der Waals surface area contributed by atoms with Gasteiger partial charge in [-0.25, -0.2) is 4.68 Å². The van der Waals surface area contributed by atoms with Gasteiger partial charge in [0.2, 0.25) is 0 Å². The number of aromatic nitrogens is 4. The van der Waals surface area contributed by atoms with E-state index in [1.54, 1.807) is 0 Å². The molecule has 1 saturated heterocycles.